The summed E-state index contributed by atoms with van der Waals surface area (Å²) in [6.07, 6.45) is 1.27. The van der Waals surface area contributed by atoms with Crippen LogP contribution in [0.1, 0.15) is 26.2 Å². The van der Waals surface area contributed by atoms with Crippen molar-refractivity contribution in [3.8, 4) is 0 Å². The van der Waals surface area contributed by atoms with Crippen LogP contribution in [-0.2, 0) is 19.6 Å². The van der Waals surface area contributed by atoms with Gasteiger partial charge in [-0.1, -0.05) is 6.92 Å². The number of hydrogen-bond acceptors (Lipinski definition) is 4. The molecule has 7 nitrogen and oxygen atoms in total. The maximum Gasteiger partial charge on any atom is 0.308 e. The highest BCUT2D eigenvalue weighted by Gasteiger charge is 2.33. The summed E-state index contributed by atoms with van der Waals surface area (Å²) in [5.41, 5.74) is 0. The lowest BCUT2D eigenvalue weighted by Gasteiger charge is -2.33. The molecular weight excluding hydrogens is 351 g/mol. The summed E-state index contributed by atoms with van der Waals surface area (Å²) in [7, 11) is -3.98. The Hall–Kier alpha value is -2.00. The van der Waals surface area contributed by atoms with Crippen molar-refractivity contribution in [3.63, 3.8) is 0 Å². The van der Waals surface area contributed by atoms with Crippen molar-refractivity contribution in [3.05, 3.63) is 30.1 Å². The first kappa shape index (κ1) is 19.3. The second-order valence-corrected chi connectivity index (χ2v) is 7.71. The van der Waals surface area contributed by atoms with Gasteiger partial charge in [-0.3, -0.25) is 9.59 Å². The van der Waals surface area contributed by atoms with Crippen LogP contribution in [0.2, 0.25) is 0 Å². The van der Waals surface area contributed by atoms with Crippen LogP contribution in [0.4, 0.5) is 4.39 Å². The Kier molecular flexibility index (Phi) is 6.12. The third-order valence-electron chi connectivity index (χ3n) is 4.21. The van der Waals surface area contributed by atoms with Crippen molar-refractivity contribution in [2.75, 3.05) is 13.1 Å². The molecule has 1 saturated heterocycles. The smallest absolute Gasteiger partial charge is 0.308 e. The summed E-state index contributed by atoms with van der Waals surface area (Å²) in [5, 5.41) is 9.11. The van der Waals surface area contributed by atoms with Crippen molar-refractivity contribution in [1.82, 2.24) is 9.62 Å². The van der Waals surface area contributed by atoms with Gasteiger partial charge in [0.2, 0.25) is 15.9 Å². The Labute approximate surface area is 145 Å². The molecule has 1 amide bonds. The largest absolute Gasteiger partial charge is 0.481 e. The van der Waals surface area contributed by atoms with Gasteiger partial charge in [-0.15, -0.1) is 0 Å². The average molecular weight is 372 g/mol. The number of carboxylic acids is 1. The lowest BCUT2D eigenvalue weighted by Crippen LogP contribution is -2.51. The van der Waals surface area contributed by atoms with Gasteiger partial charge < -0.3 is 10.0 Å². The highest BCUT2D eigenvalue weighted by atomic mass is 32.2. The number of likely N-dealkylation sites (tertiary alicyclic amines) is 1. The van der Waals surface area contributed by atoms with Gasteiger partial charge in [0, 0.05) is 13.1 Å². The third kappa shape index (κ3) is 4.76. The van der Waals surface area contributed by atoms with E-state index in [-0.39, 0.29) is 17.9 Å². The van der Waals surface area contributed by atoms with Gasteiger partial charge in [0.25, 0.3) is 0 Å². The van der Waals surface area contributed by atoms with Gasteiger partial charge in [0.1, 0.15) is 11.9 Å². The molecule has 0 radical (unpaired) electrons. The summed E-state index contributed by atoms with van der Waals surface area (Å²) >= 11 is 0. The maximum absolute atomic E-state index is 13.0. The highest BCUT2D eigenvalue weighted by Crippen LogP contribution is 2.19. The van der Waals surface area contributed by atoms with Crippen molar-refractivity contribution >= 4 is 21.9 Å². The topological polar surface area (TPSA) is 104 Å². The van der Waals surface area contributed by atoms with Crippen LogP contribution in [0.3, 0.4) is 0 Å². The number of nitrogens with zero attached hydrogens (tertiary/aromatic N) is 1. The molecule has 0 spiro atoms. The summed E-state index contributed by atoms with van der Waals surface area (Å²) in [4.78, 5) is 25.0. The van der Waals surface area contributed by atoms with E-state index in [1.807, 2.05) is 0 Å². The van der Waals surface area contributed by atoms with Crippen LogP contribution in [0, 0.1) is 11.7 Å². The summed E-state index contributed by atoms with van der Waals surface area (Å²) in [5.74, 6) is -2.60. The number of nitrogens with one attached hydrogen (secondary N) is 1. The standard InChI is InChI=1S/C16H21FN2O5S/c1-2-14(15(20)19-9-3-4-11(10-19)16(21)22)18-25(23,24)13-7-5-12(17)6-8-13/h5-8,11,14,18H,2-4,9-10H2,1H3,(H,21,22). The monoisotopic (exact) mass is 372 g/mol. The minimum absolute atomic E-state index is 0.0724. The van der Waals surface area contributed by atoms with Crippen LogP contribution in [0.15, 0.2) is 29.2 Å². The normalized spacial score (nSPS) is 19.4. The predicted molar refractivity (Wildman–Crippen MR) is 87.7 cm³/mol. The zero-order valence-electron chi connectivity index (χ0n) is 13.8. The lowest BCUT2D eigenvalue weighted by molar-refractivity contribution is -0.146. The predicted octanol–water partition coefficient (Wildman–Crippen LogP) is 1.21. The van der Waals surface area contributed by atoms with E-state index in [4.69, 9.17) is 5.11 Å². The first-order chi connectivity index (χ1) is 11.7. The Bertz CT molecular complexity index is 735. The number of piperidine rings is 1. The molecule has 1 fully saturated rings. The molecule has 1 aromatic rings. The van der Waals surface area contributed by atoms with Crippen LogP contribution in [0.5, 0.6) is 0 Å². The van der Waals surface area contributed by atoms with Crippen molar-refractivity contribution in [1.29, 1.82) is 0 Å². The van der Waals surface area contributed by atoms with E-state index in [0.29, 0.717) is 19.4 Å². The number of halogens is 1. The molecule has 0 aliphatic carbocycles. The Morgan fingerprint density at radius 1 is 1.36 bits per heavy atom. The molecule has 25 heavy (non-hydrogen) atoms. The molecule has 1 aromatic carbocycles. The van der Waals surface area contributed by atoms with E-state index in [2.05, 4.69) is 4.72 Å². The number of aliphatic carboxylic acids is 1. The van der Waals surface area contributed by atoms with E-state index >= 15 is 0 Å². The van der Waals surface area contributed by atoms with Crippen LogP contribution < -0.4 is 4.72 Å². The van der Waals surface area contributed by atoms with Gasteiger partial charge in [-0.05, 0) is 43.5 Å². The van der Waals surface area contributed by atoms with Gasteiger partial charge >= 0.3 is 5.97 Å². The minimum atomic E-state index is -3.98. The number of carboxylic acid groups (broad SMARTS) is 1. The van der Waals surface area contributed by atoms with Crippen molar-refractivity contribution in [2.24, 2.45) is 5.92 Å². The maximum atomic E-state index is 13.0. The number of hydrogen-bond donors (Lipinski definition) is 2. The second kappa shape index (κ2) is 7.92. The fraction of sp³-hybridized carbons (Fsp3) is 0.500. The molecule has 2 atom stereocenters. The summed E-state index contributed by atoms with van der Waals surface area (Å²) < 4.78 is 40.0. The molecule has 1 aliphatic heterocycles. The summed E-state index contributed by atoms with van der Waals surface area (Å²) in [6.45, 7) is 2.13. The molecule has 1 aliphatic rings. The summed E-state index contributed by atoms with van der Waals surface area (Å²) in [6, 6.07) is 3.30. The molecule has 138 valence electrons. The number of amides is 1. The molecule has 9 heteroatoms. The zero-order valence-corrected chi connectivity index (χ0v) is 14.6. The van der Waals surface area contributed by atoms with E-state index in [1.165, 1.54) is 4.90 Å². The SMILES string of the molecule is CCC(NS(=O)(=O)c1ccc(F)cc1)C(=O)N1CCCC(C(=O)O)C1. The first-order valence-corrected chi connectivity index (χ1v) is 9.52. The van der Waals surface area contributed by atoms with Gasteiger partial charge in [-0.25, -0.2) is 12.8 Å². The van der Waals surface area contributed by atoms with Crippen LogP contribution >= 0.6 is 0 Å². The Morgan fingerprint density at radius 2 is 2.00 bits per heavy atom. The van der Waals surface area contributed by atoms with E-state index in [0.717, 1.165) is 24.3 Å². The highest BCUT2D eigenvalue weighted by molar-refractivity contribution is 7.89. The molecule has 0 bridgehead atoms. The molecule has 1 heterocycles. The zero-order chi connectivity index (χ0) is 18.6. The number of benzene rings is 1. The number of rotatable bonds is 6. The first-order valence-electron chi connectivity index (χ1n) is 8.04. The van der Waals surface area contributed by atoms with E-state index in [9.17, 15) is 22.4 Å². The number of sulfonamides is 1. The second-order valence-electron chi connectivity index (χ2n) is 6.00. The van der Waals surface area contributed by atoms with E-state index in [1.54, 1.807) is 6.92 Å². The van der Waals surface area contributed by atoms with Gasteiger partial charge in [0.05, 0.1) is 10.8 Å². The van der Waals surface area contributed by atoms with Crippen LogP contribution in [-0.4, -0.2) is 49.4 Å². The quantitative estimate of drug-likeness (QED) is 0.781. The number of carbonyl (C=O) groups excluding carboxylic acids is 1. The molecule has 2 N–H and O–H groups in total. The average Bonchev–Trinajstić information content (AvgIpc) is 2.59. The molecule has 0 aromatic heterocycles. The molecule has 0 saturated carbocycles. The number of carbonyl (C=O) groups is 2. The Morgan fingerprint density at radius 3 is 2.56 bits per heavy atom. The minimum Gasteiger partial charge on any atom is -0.481 e. The lowest BCUT2D eigenvalue weighted by atomic mass is 9.97. The van der Waals surface area contributed by atoms with Crippen molar-refractivity contribution < 1.29 is 27.5 Å². The van der Waals surface area contributed by atoms with Crippen molar-refractivity contribution in [2.45, 2.75) is 37.1 Å². The van der Waals surface area contributed by atoms with Crippen LogP contribution in [0.25, 0.3) is 0 Å². The molecule has 2 unspecified atom stereocenters. The third-order valence-corrected chi connectivity index (χ3v) is 5.70. The fourth-order valence-corrected chi connectivity index (χ4v) is 4.05. The van der Waals surface area contributed by atoms with E-state index < -0.39 is 39.7 Å². The van der Waals surface area contributed by atoms with Gasteiger partial charge in [0.15, 0.2) is 0 Å². The molecular formula is C16H21FN2O5S. The molecule has 2 rings (SSSR count). The fourth-order valence-electron chi connectivity index (χ4n) is 2.78. The Balaban J connectivity index is 2.11. The van der Waals surface area contributed by atoms with Gasteiger partial charge in [-0.2, -0.15) is 4.72 Å².